The van der Waals surface area contributed by atoms with Crippen LogP contribution in [0.25, 0.3) is 0 Å². The van der Waals surface area contributed by atoms with Gasteiger partial charge in [0.05, 0.1) is 17.3 Å². The zero-order valence-electron chi connectivity index (χ0n) is 16.7. The first-order valence-corrected chi connectivity index (χ1v) is 9.97. The molecule has 0 radical (unpaired) electrons. The van der Waals surface area contributed by atoms with E-state index in [4.69, 9.17) is 46.6 Å². The molecule has 31 heavy (non-hydrogen) atoms. The Morgan fingerprint density at radius 2 is 1.94 bits per heavy atom. The Bertz CT molecular complexity index is 895. The number of phenolic OH excluding ortho intramolecular Hbond substituents is 1. The molecule has 1 aliphatic heterocycles. The van der Waals surface area contributed by atoms with E-state index in [0.717, 1.165) is 49.4 Å². The molecule has 1 unspecified atom stereocenters. The van der Waals surface area contributed by atoms with Crippen LogP contribution in [-0.4, -0.2) is 53.1 Å². The van der Waals surface area contributed by atoms with Crippen LogP contribution in [-0.2, 0) is 16.0 Å². The van der Waals surface area contributed by atoms with E-state index < -0.39 is 11.9 Å². The second kappa shape index (κ2) is 11.9. The summed E-state index contributed by atoms with van der Waals surface area (Å²) in [6, 6.07) is 10.6. The second-order valence-corrected chi connectivity index (χ2v) is 7.18. The van der Waals surface area contributed by atoms with Crippen LogP contribution in [0, 0.1) is 0 Å². The van der Waals surface area contributed by atoms with Crippen LogP contribution in [0.2, 0.25) is 5.02 Å². The molecule has 0 saturated heterocycles. The van der Waals surface area contributed by atoms with Crippen LogP contribution in [0.4, 0.5) is 5.69 Å². The minimum atomic E-state index is -1.82. The zero-order chi connectivity index (χ0) is 22.8. The average Bonchev–Trinajstić information content (AvgIpc) is 2.73. The molecule has 0 spiro atoms. The highest BCUT2D eigenvalue weighted by molar-refractivity contribution is 6.33. The Hall–Kier alpha value is -3.17. The van der Waals surface area contributed by atoms with Crippen molar-refractivity contribution >= 4 is 29.2 Å². The lowest BCUT2D eigenvalue weighted by molar-refractivity contribution is -0.159. The van der Waals surface area contributed by atoms with Gasteiger partial charge >= 0.3 is 11.9 Å². The first-order chi connectivity index (χ1) is 14.8. The molecule has 1 atom stereocenters. The van der Waals surface area contributed by atoms with Gasteiger partial charge in [-0.15, -0.1) is 0 Å². The van der Waals surface area contributed by atoms with E-state index in [1.54, 1.807) is 24.3 Å². The summed E-state index contributed by atoms with van der Waals surface area (Å²) >= 11 is 5.88. The van der Waals surface area contributed by atoms with Crippen molar-refractivity contribution in [2.45, 2.75) is 25.4 Å². The van der Waals surface area contributed by atoms with Crippen LogP contribution >= 0.6 is 11.6 Å². The van der Waals surface area contributed by atoms with E-state index >= 15 is 0 Å². The minimum absolute atomic E-state index is 0.131. The fourth-order valence-corrected chi connectivity index (χ4v) is 2.94. The van der Waals surface area contributed by atoms with Crippen molar-refractivity contribution in [3.05, 3.63) is 47.0 Å². The lowest BCUT2D eigenvalue weighted by Gasteiger charge is -2.26. The van der Waals surface area contributed by atoms with Gasteiger partial charge in [0.1, 0.15) is 23.4 Å². The second-order valence-electron chi connectivity index (χ2n) is 6.77. The highest BCUT2D eigenvalue weighted by Crippen LogP contribution is 2.30. The van der Waals surface area contributed by atoms with Gasteiger partial charge in [-0.2, -0.15) is 0 Å². The Morgan fingerprint density at radius 3 is 2.61 bits per heavy atom. The van der Waals surface area contributed by atoms with Crippen LogP contribution in [0.5, 0.6) is 17.2 Å². The smallest absolute Gasteiger partial charge is 0.414 e. The van der Waals surface area contributed by atoms with Gasteiger partial charge in [-0.25, -0.2) is 9.59 Å². The number of carbonyl (C=O) groups is 2. The number of phenols is 1. The summed E-state index contributed by atoms with van der Waals surface area (Å²) in [6.07, 6.45) is 2.97. The van der Waals surface area contributed by atoms with Gasteiger partial charge in [0.15, 0.2) is 0 Å². The van der Waals surface area contributed by atoms with Crippen molar-refractivity contribution in [3.8, 4) is 17.2 Å². The van der Waals surface area contributed by atoms with Crippen LogP contribution < -0.4 is 20.5 Å². The molecule has 0 bridgehead atoms. The topological polar surface area (TPSA) is 151 Å². The number of ether oxygens (including phenoxy) is 2. The average molecular weight is 453 g/mol. The fourth-order valence-electron chi connectivity index (χ4n) is 2.82. The molecule has 168 valence electrons. The number of hydrogen-bond donors (Lipinski definition) is 5. The van der Waals surface area contributed by atoms with Crippen molar-refractivity contribution < 1.29 is 34.4 Å². The van der Waals surface area contributed by atoms with Crippen LogP contribution in [0.3, 0.4) is 0 Å². The van der Waals surface area contributed by atoms with E-state index in [9.17, 15) is 5.11 Å². The Balaban J connectivity index is 0.000000501. The number of aromatic hydroxyl groups is 1. The number of nitrogens with two attached hydrogens (primary N) is 1. The first kappa shape index (κ1) is 24.1. The molecule has 0 aromatic heterocycles. The molecule has 9 nitrogen and oxygen atoms in total. The van der Waals surface area contributed by atoms with Crippen molar-refractivity contribution in [2.75, 3.05) is 25.4 Å². The minimum Gasteiger partial charge on any atom is -0.508 e. The predicted molar refractivity (Wildman–Crippen MR) is 115 cm³/mol. The summed E-state index contributed by atoms with van der Waals surface area (Å²) in [5, 5.41) is 28.3. The zero-order valence-corrected chi connectivity index (χ0v) is 17.5. The summed E-state index contributed by atoms with van der Waals surface area (Å²) in [6.45, 7) is 2.23. The number of halogens is 1. The number of nitrogens with one attached hydrogen (secondary N) is 1. The van der Waals surface area contributed by atoms with E-state index in [0.29, 0.717) is 17.3 Å². The van der Waals surface area contributed by atoms with Crippen molar-refractivity contribution in [3.63, 3.8) is 0 Å². The molecule has 2 aromatic rings. The lowest BCUT2D eigenvalue weighted by Crippen LogP contribution is -2.34. The summed E-state index contributed by atoms with van der Waals surface area (Å²) < 4.78 is 11.6. The van der Waals surface area contributed by atoms with Gasteiger partial charge in [-0.3, -0.25) is 0 Å². The van der Waals surface area contributed by atoms with Crippen molar-refractivity contribution in [1.29, 1.82) is 0 Å². The Labute approximate surface area is 184 Å². The number of carboxylic acids is 2. The van der Waals surface area contributed by atoms with E-state index in [-0.39, 0.29) is 11.9 Å². The molecule has 6 N–H and O–H groups in total. The summed E-state index contributed by atoms with van der Waals surface area (Å²) in [7, 11) is 0. The fraction of sp³-hybridized carbons (Fsp3) is 0.333. The number of carboxylic acid groups (broad SMARTS) is 2. The Kier molecular flexibility index (Phi) is 9.23. The van der Waals surface area contributed by atoms with Gasteiger partial charge in [-0.1, -0.05) is 17.7 Å². The summed E-state index contributed by atoms with van der Waals surface area (Å²) in [4.78, 5) is 18.2. The third kappa shape index (κ3) is 8.23. The molecule has 1 aliphatic rings. The third-order valence-electron chi connectivity index (χ3n) is 4.37. The van der Waals surface area contributed by atoms with E-state index in [1.165, 1.54) is 0 Å². The third-order valence-corrected chi connectivity index (χ3v) is 4.71. The number of anilines is 1. The molecule has 0 saturated carbocycles. The van der Waals surface area contributed by atoms with Crippen LogP contribution in [0.15, 0.2) is 36.4 Å². The number of fused-ring (bicyclic) bond motifs is 1. The van der Waals surface area contributed by atoms with Gasteiger partial charge < -0.3 is 35.8 Å². The predicted octanol–water partition coefficient (Wildman–Crippen LogP) is 2.54. The SMILES string of the molecule is Nc1cc(OCCCNCC2CCc3ccc(O)cc3O2)ccc1Cl.O=C(O)C(=O)O. The Morgan fingerprint density at radius 1 is 1.19 bits per heavy atom. The quantitative estimate of drug-likeness (QED) is 0.242. The highest BCUT2D eigenvalue weighted by Gasteiger charge is 2.19. The first-order valence-electron chi connectivity index (χ1n) is 9.59. The van der Waals surface area contributed by atoms with Gasteiger partial charge in [0.2, 0.25) is 0 Å². The lowest BCUT2D eigenvalue weighted by atomic mass is 10.0. The molecule has 0 aliphatic carbocycles. The molecule has 2 aromatic carbocycles. The maximum atomic E-state index is 9.55. The monoisotopic (exact) mass is 452 g/mol. The summed E-state index contributed by atoms with van der Waals surface area (Å²) in [5.74, 6) is -1.88. The molecule has 10 heteroatoms. The summed E-state index contributed by atoms with van der Waals surface area (Å²) in [5.41, 5.74) is 7.43. The maximum Gasteiger partial charge on any atom is 0.414 e. The molecule has 1 heterocycles. The normalized spacial score (nSPS) is 14.4. The number of rotatable bonds is 7. The van der Waals surface area contributed by atoms with Gasteiger partial charge in [0.25, 0.3) is 0 Å². The molecule has 3 rings (SSSR count). The standard InChI is InChI=1S/C19H23ClN2O3.C2H2O4/c20-17-7-6-15(11-18(17)21)24-9-1-8-22-12-16-5-3-13-2-4-14(23)10-19(13)25-16;3-1(4)2(5)6/h2,4,6-7,10-11,16,22-23H,1,3,5,8-9,12,21H2;(H,3,4)(H,5,6). The van der Waals surface area contributed by atoms with E-state index in [1.807, 2.05) is 12.1 Å². The highest BCUT2D eigenvalue weighted by atomic mass is 35.5. The van der Waals surface area contributed by atoms with Crippen molar-refractivity contribution in [1.82, 2.24) is 5.32 Å². The number of aliphatic carboxylic acids is 2. The number of hydrogen-bond acceptors (Lipinski definition) is 7. The van der Waals surface area contributed by atoms with Crippen LogP contribution in [0.1, 0.15) is 18.4 Å². The van der Waals surface area contributed by atoms with Gasteiger partial charge in [-0.05, 0) is 49.6 Å². The maximum absolute atomic E-state index is 9.55. The molecule has 0 fully saturated rings. The number of aryl methyl sites for hydroxylation is 1. The van der Waals surface area contributed by atoms with Gasteiger partial charge in [0, 0.05) is 18.7 Å². The number of nitrogen functional groups attached to an aromatic ring is 1. The molecular formula is C21H25ClN2O7. The van der Waals surface area contributed by atoms with E-state index in [2.05, 4.69) is 5.32 Å². The number of benzene rings is 2. The molecular weight excluding hydrogens is 428 g/mol. The largest absolute Gasteiger partial charge is 0.508 e. The van der Waals surface area contributed by atoms with Crippen molar-refractivity contribution in [2.24, 2.45) is 0 Å². The molecule has 0 amide bonds.